The fourth-order valence-corrected chi connectivity index (χ4v) is 2.07. The third-order valence-corrected chi connectivity index (χ3v) is 3.36. The van der Waals surface area contributed by atoms with E-state index in [1.54, 1.807) is 39.5 Å². The number of amides is 1. The minimum atomic E-state index is -0.269. The Balaban J connectivity index is 2.02. The van der Waals surface area contributed by atoms with Gasteiger partial charge in [0.1, 0.15) is 23.0 Å². The summed E-state index contributed by atoms with van der Waals surface area (Å²) in [6.45, 7) is 1.12. The first-order valence-electron chi connectivity index (χ1n) is 7.76. The van der Waals surface area contributed by atoms with Crippen LogP contribution in [0.25, 0.3) is 0 Å². The Hall–Kier alpha value is -2.87. The summed E-state index contributed by atoms with van der Waals surface area (Å²) in [5.41, 5.74) is 0.938. The molecule has 1 heterocycles. The van der Waals surface area contributed by atoms with Gasteiger partial charge in [-0.1, -0.05) is 0 Å². The predicted molar refractivity (Wildman–Crippen MR) is 93.7 cm³/mol. The van der Waals surface area contributed by atoms with E-state index in [9.17, 15) is 4.79 Å². The van der Waals surface area contributed by atoms with Crippen LogP contribution in [0.1, 0.15) is 16.9 Å². The largest absolute Gasteiger partial charge is 0.497 e. The van der Waals surface area contributed by atoms with Crippen LogP contribution in [0, 0.1) is 0 Å². The van der Waals surface area contributed by atoms with Gasteiger partial charge in [-0.05, 0) is 18.6 Å². The zero-order chi connectivity index (χ0) is 18.1. The smallest absolute Gasteiger partial charge is 0.271 e. The molecule has 0 radical (unpaired) electrons. The van der Waals surface area contributed by atoms with E-state index in [4.69, 9.17) is 14.2 Å². The highest BCUT2D eigenvalue weighted by Crippen LogP contribution is 2.30. The molecule has 25 heavy (non-hydrogen) atoms. The number of ether oxygens (including phenoxy) is 3. The second-order valence-electron chi connectivity index (χ2n) is 5.08. The van der Waals surface area contributed by atoms with Gasteiger partial charge in [-0.3, -0.25) is 4.79 Å². The fraction of sp³-hybridized carbons (Fsp3) is 0.353. The molecule has 2 N–H and O–H groups in total. The van der Waals surface area contributed by atoms with Gasteiger partial charge in [-0.25, -0.2) is 9.97 Å². The van der Waals surface area contributed by atoms with Gasteiger partial charge in [-0.15, -0.1) is 0 Å². The van der Waals surface area contributed by atoms with Crippen molar-refractivity contribution >= 4 is 17.4 Å². The van der Waals surface area contributed by atoms with Crippen molar-refractivity contribution in [3.63, 3.8) is 0 Å². The number of benzene rings is 1. The quantitative estimate of drug-likeness (QED) is 0.671. The summed E-state index contributed by atoms with van der Waals surface area (Å²) >= 11 is 0. The Morgan fingerprint density at radius 3 is 2.60 bits per heavy atom. The summed E-state index contributed by atoms with van der Waals surface area (Å²) in [6, 6.07) is 5.38. The highest BCUT2D eigenvalue weighted by atomic mass is 16.5. The molecule has 1 aromatic carbocycles. The van der Waals surface area contributed by atoms with Crippen LogP contribution in [-0.4, -0.2) is 50.4 Å². The lowest BCUT2D eigenvalue weighted by Gasteiger charge is -2.12. The normalized spacial score (nSPS) is 10.2. The van der Waals surface area contributed by atoms with Crippen molar-refractivity contribution in [2.24, 2.45) is 0 Å². The zero-order valence-corrected chi connectivity index (χ0v) is 14.5. The van der Waals surface area contributed by atoms with E-state index in [0.717, 1.165) is 6.42 Å². The Labute approximate surface area is 146 Å². The molecule has 0 spiro atoms. The summed E-state index contributed by atoms with van der Waals surface area (Å²) in [7, 11) is 4.79. The molecule has 0 atom stereocenters. The first kappa shape index (κ1) is 18.5. The number of hydrogen-bond acceptors (Lipinski definition) is 7. The van der Waals surface area contributed by atoms with Crippen LogP contribution in [0.2, 0.25) is 0 Å². The maximum absolute atomic E-state index is 12.0. The first-order chi connectivity index (χ1) is 12.2. The highest BCUT2D eigenvalue weighted by molar-refractivity contribution is 5.92. The molecule has 8 nitrogen and oxygen atoms in total. The first-order valence-corrected chi connectivity index (χ1v) is 7.76. The zero-order valence-electron chi connectivity index (χ0n) is 14.5. The molecule has 2 aromatic rings. The summed E-state index contributed by atoms with van der Waals surface area (Å²) in [5, 5.41) is 5.86. The molecule has 0 saturated carbocycles. The van der Waals surface area contributed by atoms with Gasteiger partial charge in [0, 0.05) is 26.3 Å². The monoisotopic (exact) mass is 346 g/mol. The van der Waals surface area contributed by atoms with Crippen molar-refractivity contribution in [3.05, 3.63) is 36.3 Å². The van der Waals surface area contributed by atoms with Crippen molar-refractivity contribution < 1.29 is 19.0 Å². The SMILES string of the molecule is COCCCNC(=O)c1cnc(Nc2cc(OC)ccc2OC)cn1. The van der Waals surface area contributed by atoms with Crippen molar-refractivity contribution in [3.8, 4) is 11.5 Å². The van der Waals surface area contributed by atoms with Crippen LogP contribution in [0.4, 0.5) is 11.5 Å². The van der Waals surface area contributed by atoms with Gasteiger partial charge in [-0.2, -0.15) is 0 Å². The van der Waals surface area contributed by atoms with Gasteiger partial charge < -0.3 is 24.8 Å². The maximum atomic E-state index is 12.0. The van der Waals surface area contributed by atoms with E-state index >= 15 is 0 Å². The van der Waals surface area contributed by atoms with E-state index < -0.39 is 0 Å². The number of methoxy groups -OCH3 is 3. The number of rotatable bonds is 9. The molecule has 0 aliphatic heterocycles. The third kappa shape index (κ3) is 5.32. The van der Waals surface area contributed by atoms with Crippen LogP contribution in [0.5, 0.6) is 11.5 Å². The van der Waals surface area contributed by atoms with Gasteiger partial charge in [0.25, 0.3) is 5.91 Å². The molecule has 0 saturated heterocycles. The molecule has 134 valence electrons. The molecule has 0 unspecified atom stereocenters. The number of anilines is 2. The number of aromatic nitrogens is 2. The standard InChI is InChI=1S/C17H22N4O4/c1-23-8-4-7-18-17(22)14-10-20-16(11-19-14)21-13-9-12(24-2)5-6-15(13)25-3/h5-6,9-11H,4,7-8H2,1-3H3,(H,18,22)(H,20,21). The van der Waals surface area contributed by atoms with Crippen molar-refractivity contribution in [2.75, 3.05) is 39.8 Å². The summed E-state index contributed by atoms with van der Waals surface area (Å²) < 4.78 is 15.4. The molecule has 0 aliphatic rings. The summed E-state index contributed by atoms with van der Waals surface area (Å²) in [5.74, 6) is 1.54. The molecule has 1 aromatic heterocycles. The highest BCUT2D eigenvalue weighted by Gasteiger charge is 2.09. The second kappa shape index (κ2) is 9.43. The van der Waals surface area contributed by atoms with Gasteiger partial charge >= 0.3 is 0 Å². The minimum absolute atomic E-state index is 0.251. The Kier molecular flexibility index (Phi) is 6.97. The van der Waals surface area contributed by atoms with Gasteiger partial charge in [0.2, 0.25) is 0 Å². The number of carbonyl (C=O) groups excluding carboxylic acids is 1. The third-order valence-electron chi connectivity index (χ3n) is 3.36. The van der Waals surface area contributed by atoms with Crippen molar-refractivity contribution in [2.45, 2.75) is 6.42 Å². The lowest BCUT2D eigenvalue weighted by molar-refractivity contribution is 0.0943. The van der Waals surface area contributed by atoms with Gasteiger partial charge in [0.15, 0.2) is 0 Å². The van der Waals surface area contributed by atoms with E-state index in [0.29, 0.717) is 36.2 Å². The molecule has 0 bridgehead atoms. The fourth-order valence-electron chi connectivity index (χ4n) is 2.07. The maximum Gasteiger partial charge on any atom is 0.271 e. The van der Waals surface area contributed by atoms with E-state index in [-0.39, 0.29) is 11.6 Å². The molecule has 0 fully saturated rings. The second-order valence-corrected chi connectivity index (χ2v) is 5.08. The van der Waals surface area contributed by atoms with Crippen LogP contribution >= 0.6 is 0 Å². The van der Waals surface area contributed by atoms with Crippen molar-refractivity contribution in [1.29, 1.82) is 0 Å². The van der Waals surface area contributed by atoms with Gasteiger partial charge in [0.05, 0.1) is 32.3 Å². The molecule has 8 heteroatoms. The number of carbonyl (C=O) groups is 1. The van der Waals surface area contributed by atoms with Crippen LogP contribution < -0.4 is 20.1 Å². The van der Waals surface area contributed by atoms with E-state index in [1.165, 1.54) is 12.4 Å². The topological polar surface area (TPSA) is 94.6 Å². The average molecular weight is 346 g/mol. The summed E-state index contributed by atoms with van der Waals surface area (Å²) in [6.07, 6.45) is 3.65. The Bertz CT molecular complexity index is 692. The molecule has 1 amide bonds. The lowest BCUT2D eigenvalue weighted by Crippen LogP contribution is -2.26. The Morgan fingerprint density at radius 2 is 1.96 bits per heavy atom. The molecule has 2 rings (SSSR count). The predicted octanol–water partition coefficient (Wildman–Crippen LogP) is 2.00. The van der Waals surface area contributed by atoms with E-state index in [2.05, 4.69) is 20.6 Å². The molecular weight excluding hydrogens is 324 g/mol. The summed E-state index contributed by atoms with van der Waals surface area (Å²) in [4.78, 5) is 20.3. The molecule has 0 aliphatic carbocycles. The number of nitrogens with one attached hydrogen (secondary N) is 2. The van der Waals surface area contributed by atoms with Crippen LogP contribution in [0.15, 0.2) is 30.6 Å². The average Bonchev–Trinajstić information content (AvgIpc) is 2.65. The van der Waals surface area contributed by atoms with Crippen molar-refractivity contribution in [1.82, 2.24) is 15.3 Å². The lowest BCUT2D eigenvalue weighted by atomic mass is 10.2. The minimum Gasteiger partial charge on any atom is -0.497 e. The number of nitrogens with zero attached hydrogens (tertiary/aromatic N) is 2. The number of hydrogen-bond donors (Lipinski definition) is 2. The molecular formula is C17H22N4O4. The van der Waals surface area contributed by atoms with Crippen LogP contribution in [-0.2, 0) is 4.74 Å². The van der Waals surface area contributed by atoms with E-state index in [1.807, 2.05) is 0 Å². The van der Waals surface area contributed by atoms with Crippen LogP contribution in [0.3, 0.4) is 0 Å². The Morgan fingerprint density at radius 1 is 1.12 bits per heavy atom.